The number of hydrogen-bond donors (Lipinski definition) is 0. The van der Waals surface area contributed by atoms with E-state index in [1.807, 2.05) is 36.4 Å². The summed E-state index contributed by atoms with van der Waals surface area (Å²) in [6.45, 7) is 7.74. The summed E-state index contributed by atoms with van der Waals surface area (Å²) in [6, 6.07) is 12.4. The summed E-state index contributed by atoms with van der Waals surface area (Å²) >= 11 is 4.79. The molecular formula is C27H25BrN2O5S. The SMILES string of the molecule is C=CCOc1c(Br)cc(/C=c2/sc3n(c2=O)[C@@H](c2ccccc2)C(C(=O)OCC)=C(C)N=3)cc1OC. The number of thiazole rings is 1. The van der Waals surface area contributed by atoms with E-state index in [0.29, 0.717) is 43.2 Å². The molecule has 0 amide bonds. The van der Waals surface area contributed by atoms with Crippen molar-refractivity contribution < 1.29 is 19.0 Å². The minimum atomic E-state index is -0.639. The zero-order valence-corrected chi connectivity index (χ0v) is 22.5. The number of methoxy groups -OCH3 is 1. The number of hydrogen-bond acceptors (Lipinski definition) is 7. The minimum Gasteiger partial charge on any atom is -0.493 e. The molecule has 4 rings (SSSR count). The first kappa shape index (κ1) is 25.7. The fourth-order valence-corrected chi connectivity index (χ4v) is 5.62. The van der Waals surface area contributed by atoms with Crippen molar-refractivity contribution in [1.29, 1.82) is 0 Å². The Labute approximate surface area is 220 Å². The third-order valence-corrected chi connectivity index (χ3v) is 7.10. The molecule has 2 heterocycles. The number of benzene rings is 2. The fraction of sp³-hybridized carbons (Fsp3) is 0.222. The van der Waals surface area contributed by atoms with Crippen molar-refractivity contribution in [2.45, 2.75) is 19.9 Å². The molecule has 1 aromatic heterocycles. The molecule has 9 heteroatoms. The number of allylic oxidation sites excluding steroid dienone is 1. The Morgan fingerprint density at radius 3 is 2.69 bits per heavy atom. The predicted octanol–water partition coefficient (Wildman–Crippen LogP) is 4.13. The molecule has 0 aliphatic carbocycles. The average molecular weight is 569 g/mol. The molecule has 0 spiro atoms. The number of nitrogens with zero attached hydrogens (tertiary/aromatic N) is 2. The zero-order chi connectivity index (χ0) is 25.8. The van der Waals surface area contributed by atoms with Crippen LogP contribution in [0, 0.1) is 0 Å². The summed E-state index contributed by atoms with van der Waals surface area (Å²) in [6.07, 6.45) is 3.43. The summed E-state index contributed by atoms with van der Waals surface area (Å²) in [7, 11) is 1.56. The lowest BCUT2D eigenvalue weighted by Gasteiger charge is -2.24. The molecule has 1 aliphatic heterocycles. The van der Waals surface area contributed by atoms with Crippen LogP contribution in [-0.2, 0) is 9.53 Å². The second-order valence-corrected chi connectivity index (χ2v) is 9.71. The number of fused-ring (bicyclic) bond motifs is 1. The van der Waals surface area contributed by atoms with E-state index < -0.39 is 12.0 Å². The van der Waals surface area contributed by atoms with Crippen molar-refractivity contribution in [3.05, 3.63) is 102 Å². The Morgan fingerprint density at radius 2 is 2.03 bits per heavy atom. The third kappa shape index (κ3) is 4.94. The first-order chi connectivity index (χ1) is 17.4. The Hall–Kier alpha value is -3.43. The number of carbonyl (C=O) groups is 1. The molecule has 0 fully saturated rings. The minimum absolute atomic E-state index is 0.227. The maximum Gasteiger partial charge on any atom is 0.338 e. The van der Waals surface area contributed by atoms with Gasteiger partial charge in [0.1, 0.15) is 6.61 Å². The number of rotatable bonds is 8. The molecule has 1 atom stereocenters. The Balaban J connectivity index is 1.89. The van der Waals surface area contributed by atoms with Crippen molar-refractivity contribution in [1.82, 2.24) is 4.57 Å². The topological polar surface area (TPSA) is 79.1 Å². The third-order valence-electron chi connectivity index (χ3n) is 5.53. The van der Waals surface area contributed by atoms with Crippen LogP contribution in [0.4, 0.5) is 0 Å². The lowest BCUT2D eigenvalue weighted by molar-refractivity contribution is -0.139. The maximum atomic E-state index is 13.7. The maximum absolute atomic E-state index is 13.7. The standard InChI is InChI=1S/C27H25BrN2O5S/c1-5-12-35-24-19(28)13-17(14-20(24)33-4)15-21-25(31)30-23(18-10-8-7-9-11-18)22(26(32)34-6-2)16(3)29-27(30)36-21/h5,7-11,13-15,23H,1,6,12H2,2-4H3/b21-15+/t23-/m0/s1. The van der Waals surface area contributed by atoms with Gasteiger partial charge in [-0.25, -0.2) is 9.79 Å². The van der Waals surface area contributed by atoms with Crippen LogP contribution < -0.4 is 24.4 Å². The van der Waals surface area contributed by atoms with Crippen LogP contribution in [0.1, 0.15) is 31.0 Å². The van der Waals surface area contributed by atoms with Gasteiger partial charge in [-0.1, -0.05) is 54.3 Å². The first-order valence-electron chi connectivity index (χ1n) is 11.2. The molecular weight excluding hydrogens is 544 g/mol. The van der Waals surface area contributed by atoms with Crippen LogP contribution in [0.25, 0.3) is 6.08 Å². The fourth-order valence-electron chi connectivity index (χ4n) is 4.00. The highest BCUT2D eigenvalue weighted by Crippen LogP contribution is 2.37. The Kier molecular flexibility index (Phi) is 7.91. The molecule has 0 bridgehead atoms. The van der Waals surface area contributed by atoms with E-state index >= 15 is 0 Å². The zero-order valence-electron chi connectivity index (χ0n) is 20.1. The summed E-state index contributed by atoms with van der Waals surface area (Å²) in [4.78, 5) is 31.8. The lowest BCUT2D eigenvalue weighted by Crippen LogP contribution is -2.39. The summed E-state index contributed by atoms with van der Waals surface area (Å²) in [5.74, 6) is 0.591. The lowest BCUT2D eigenvalue weighted by atomic mass is 9.96. The van der Waals surface area contributed by atoms with Crippen LogP contribution >= 0.6 is 27.3 Å². The molecule has 0 radical (unpaired) electrons. The van der Waals surface area contributed by atoms with Gasteiger partial charge >= 0.3 is 5.97 Å². The van der Waals surface area contributed by atoms with Crippen molar-refractivity contribution in [3.63, 3.8) is 0 Å². The summed E-state index contributed by atoms with van der Waals surface area (Å²) < 4.78 is 19.3. The molecule has 0 unspecified atom stereocenters. The Morgan fingerprint density at radius 1 is 1.28 bits per heavy atom. The van der Waals surface area contributed by atoms with Gasteiger partial charge in [0.2, 0.25) is 0 Å². The van der Waals surface area contributed by atoms with Gasteiger partial charge < -0.3 is 14.2 Å². The second kappa shape index (κ2) is 11.1. The monoisotopic (exact) mass is 568 g/mol. The molecule has 1 aliphatic rings. The highest BCUT2D eigenvalue weighted by molar-refractivity contribution is 9.10. The van der Waals surface area contributed by atoms with Gasteiger partial charge in [-0.3, -0.25) is 9.36 Å². The number of esters is 1. The van der Waals surface area contributed by atoms with Gasteiger partial charge in [-0.2, -0.15) is 0 Å². The highest BCUT2D eigenvalue weighted by atomic mass is 79.9. The Bertz CT molecular complexity index is 1520. The summed E-state index contributed by atoms with van der Waals surface area (Å²) in [5, 5.41) is 0. The molecule has 0 saturated carbocycles. The first-order valence-corrected chi connectivity index (χ1v) is 12.9. The van der Waals surface area contributed by atoms with Crippen molar-refractivity contribution in [2.75, 3.05) is 20.3 Å². The van der Waals surface area contributed by atoms with Crippen LogP contribution in [0.2, 0.25) is 0 Å². The van der Waals surface area contributed by atoms with Crippen LogP contribution in [0.5, 0.6) is 11.5 Å². The van der Waals surface area contributed by atoms with E-state index in [4.69, 9.17) is 14.2 Å². The molecule has 0 saturated heterocycles. The normalized spacial score (nSPS) is 15.2. The van der Waals surface area contributed by atoms with Crippen molar-refractivity contribution >= 4 is 39.3 Å². The van der Waals surface area contributed by atoms with E-state index in [2.05, 4.69) is 27.5 Å². The number of carbonyl (C=O) groups excluding carboxylic acids is 1. The van der Waals surface area contributed by atoms with Gasteiger partial charge in [0.25, 0.3) is 5.56 Å². The van der Waals surface area contributed by atoms with E-state index in [-0.39, 0.29) is 12.2 Å². The van der Waals surface area contributed by atoms with Crippen molar-refractivity contribution in [3.8, 4) is 11.5 Å². The number of halogens is 1. The number of aromatic nitrogens is 1. The van der Waals surface area contributed by atoms with Crippen molar-refractivity contribution in [2.24, 2.45) is 4.99 Å². The van der Waals surface area contributed by atoms with Crippen LogP contribution in [0.3, 0.4) is 0 Å². The molecule has 2 aromatic carbocycles. The van der Waals surface area contributed by atoms with E-state index in [1.165, 1.54) is 11.3 Å². The van der Waals surface area contributed by atoms with Gasteiger partial charge in [-0.15, -0.1) is 0 Å². The highest BCUT2D eigenvalue weighted by Gasteiger charge is 2.33. The predicted molar refractivity (Wildman–Crippen MR) is 143 cm³/mol. The quantitative estimate of drug-likeness (QED) is 0.301. The number of ether oxygens (including phenoxy) is 3. The van der Waals surface area contributed by atoms with Gasteiger partial charge in [0.15, 0.2) is 16.3 Å². The molecule has 186 valence electrons. The molecule has 0 N–H and O–H groups in total. The van der Waals surface area contributed by atoms with E-state index in [1.54, 1.807) is 43.7 Å². The molecule has 3 aromatic rings. The van der Waals surface area contributed by atoms with Gasteiger partial charge in [0, 0.05) is 0 Å². The van der Waals surface area contributed by atoms with Gasteiger partial charge in [-0.05, 0) is 59.1 Å². The smallest absolute Gasteiger partial charge is 0.338 e. The summed E-state index contributed by atoms with van der Waals surface area (Å²) in [5.41, 5.74) is 2.19. The second-order valence-electron chi connectivity index (χ2n) is 7.85. The largest absolute Gasteiger partial charge is 0.493 e. The van der Waals surface area contributed by atoms with E-state index in [9.17, 15) is 9.59 Å². The molecule has 7 nitrogen and oxygen atoms in total. The average Bonchev–Trinajstić information content (AvgIpc) is 3.17. The van der Waals surface area contributed by atoms with Crippen LogP contribution in [-0.4, -0.2) is 30.9 Å². The van der Waals surface area contributed by atoms with Crippen LogP contribution in [0.15, 0.2) is 80.6 Å². The van der Waals surface area contributed by atoms with Gasteiger partial charge in [0.05, 0.1) is 40.0 Å². The van der Waals surface area contributed by atoms with E-state index in [0.717, 1.165) is 11.1 Å². The molecule has 36 heavy (non-hydrogen) atoms.